The predicted molar refractivity (Wildman–Crippen MR) is 60.7 cm³/mol. The van der Waals surface area contributed by atoms with Crippen molar-refractivity contribution >= 4 is 21.7 Å². The van der Waals surface area contributed by atoms with Gasteiger partial charge in [0.15, 0.2) is 0 Å². The van der Waals surface area contributed by atoms with Crippen molar-refractivity contribution in [3.8, 4) is 0 Å². The first-order chi connectivity index (χ1) is 7.89. The fourth-order valence-electron chi connectivity index (χ4n) is 2.46. The number of primary amides is 1. The molecule has 2 N–H and O–H groups in total. The lowest BCUT2D eigenvalue weighted by Crippen LogP contribution is -2.42. The summed E-state index contributed by atoms with van der Waals surface area (Å²) >= 11 is 0. The molecule has 2 saturated heterocycles. The fraction of sp³-hybridized carbons (Fsp3) is 0.800. The van der Waals surface area contributed by atoms with E-state index in [1.54, 1.807) is 4.90 Å². The molecule has 96 valence electrons. The van der Waals surface area contributed by atoms with E-state index in [4.69, 9.17) is 5.73 Å². The van der Waals surface area contributed by atoms with E-state index in [0.29, 0.717) is 19.4 Å². The second kappa shape index (κ2) is 4.29. The van der Waals surface area contributed by atoms with Crippen molar-refractivity contribution < 1.29 is 18.0 Å². The number of amides is 2. The van der Waals surface area contributed by atoms with Gasteiger partial charge < -0.3 is 10.6 Å². The lowest BCUT2D eigenvalue weighted by atomic mass is 10.1. The monoisotopic (exact) mass is 260 g/mol. The van der Waals surface area contributed by atoms with Gasteiger partial charge in [-0.3, -0.25) is 9.59 Å². The summed E-state index contributed by atoms with van der Waals surface area (Å²) in [6.45, 7) is 0.346. The van der Waals surface area contributed by atoms with E-state index >= 15 is 0 Å². The minimum Gasteiger partial charge on any atom is -0.369 e. The SMILES string of the molecule is NC(=O)C1CC(=O)N(C2CCS(=O)(=O)CC2)C1. The maximum atomic E-state index is 11.7. The van der Waals surface area contributed by atoms with Crippen LogP contribution in [0.4, 0.5) is 0 Å². The molecule has 0 saturated carbocycles. The van der Waals surface area contributed by atoms with Crippen molar-refractivity contribution in [2.24, 2.45) is 11.7 Å². The van der Waals surface area contributed by atoms with E-state index in [2.05, 4.69) is 0 Å². The molecule has 1 unspecified atom stereocenters. The first-order valence-corrected chi connectivity index (χ1v) is 7.50. The first-order valence-electron chi connectivity index (χ1n) is 5.68. The number of likely N-dealkylation sites (tertiary alicyclic amines) is 1. The van der Waals surface area contributed by atoms with Crippen LogP contribution in [0.1, 0.15) is 19.3 Å². The zero-order valence-electron chi connectivity index (χ0n) is 9.46. The van der Waals surface area contributed by atoms with E-state index in [1.165, 1.54) is 0 Å². The molecule has 2 fully saturated rings. The predicted octanol–water partition coefficient (Wildman–Crippen LogP) is -1.10. The lowest BCUT2D eigenvalue weighted by Gasteiger charge is -2.31. The molecule has 0 spiro atoms. The molecule has 2 amide bonds. The highest BCUT2D eigenvalue weighted by molar-refractivity contribution is 7.91. The van der Waals surface area contributed by atoms with Crippen LogP contribution in [0.5, 0.6) is 0 Å². The molecule has 6 nitrogen and oxygen atoms in total. The molecular formula is C10H16N2O4S. The van der Waals surface area contributed by atoms with Gasteiger partial charge in [0.25, 0.3) is 0 Å². The van der Waals surface area contributed by atoms with E-state index in [0.717, 1.165) is 0 Å². The third-order valence-electron chi connectivity index (χ3n) is 3.53. The van der Waals surface area contributed by atoms with E-state index in [-0.39, 0.29) is 29.9 Å². The van der Waals surface area contributed by atoms with Gasteiger partial charge in [-0.15, -0.1) is 0 Å². The Morgan fingerprint density at radius 1 is 1.29 bits per heavy atom. The first kappa shape index (κ1) is 12.3. The van der Waals surface area contributed by atoms with Crippen LogP contribution in [0.25, 0.3) is 0 Å². The average molecular weight is 260 g/mol. The molecular weight excluding hydrogens is 244 g/mol. The summed E-state index contributed by atoms with van der Waals surface area (Å²) in [6, 6.07) is -0.0459. The molecule has 0 aromatic heterocycles. The summed E-state index contributed by atoms with van der Waals surface area (Å²) in [6.07, 6.45) is 1.11. The fourth-order valence-corrected chi connectivity index (χ4v) is 3.93. The molecule has 17 heavy (non-hydrogen) atoms. The van der Waals surface area contributed by atoms with E-state index < -0.39 is 21.7 Å². The van der Waals surface area contributed by atoms with Gasteiger partial charge in [0, 0.05) is 19.0 Å². The van der Waals surface area contributed by atoms with Crippen LogP contribution < -0.4 is 5.73 Å². The Labute approximate surface area is 100 Å². The minimum absolute atomic E-state index is 0.0459. The van der Waals surface area contributed by atoms with Gasteiger partial charge in [0.1, 0.15) is 9.84 Å². The molecule has 2 aliphatic rings. The summed E-state index contributed by atoms with van der Waals surface area (Å²) in [4.78, 5) is 24.4. The van der Waals surface area contributed by atoms with Gasteiger partial charge in [0.05, 0.1) is 17.4 Å². The Morgan fingerprint density at radius 2 is 1.88 bits per heavy atom. The molecule has 2 aliphatic heterocycles. The highest BCUT2D eigenvalue weighted by Gasteiger charge is 2.38. The number of nitrogens with zero attached hydrogens (tertiary/aromatic N) is 1. The summed E-state index contributed by atoms with van der Waals surface area (Å²) in [5.41, 5.74) is 5.18. The summed E-state index contributed by atoms with van der Waals surface area (Å²) < 4.78 is 22.6. The van der Waals surface area contributed by atoms with Crippen molar-refractivity contribution in [2.75, 3.05) is 18.1 Å². The van der Waals surface area contributed by atoms with Crippen LogP contribution >= 0.6 is 0 Å². The molecule has 0 aliphatic carbocycles. The molecule has 2 rings (SSSR count). The third-order valence-corrected chi connectivity index (χ3v) is 5.24. The molecule has 0 aromatic carbocycles. The second-order valence-corrected chi connectivity index (χ2v) is 7.04. The normalized spacial score (nSPS) is 29.5. The number of carbonyl (C=O) groups excluding carboxylic acids is 2. The van der Waals surface area contributed by atoms with E-state index in [1.807, 2.05) is 0 Å². The van der Waals surface area contributed by atoms with Crippen LogP contribution in [0, 0.1) is 5.92 Å². The van der Waals surface area contributed by atoms with Crippen LogP contribution in [0.15, 0.2) is 0 Å². The Morgan fingerprint density at radius 3 is 2.35 bits per heavy atom. The molecule has 2 heterocycles. The van der Waals surface area contributed by atoms with Gasteiger partial charge in [-0.2, -0.15) is 0 Å². The van der Waals surface area contributed by atoms with Crippen LogP contribution in [-0.2, 0) is 19.4 Å². The average Bonchev–Trinajstić information content (AvgIpc) is 2.61. The van der Waals surface area contributed by atoms with Crippen molar-refractivity contribution in [2.45, 2.75) is 25.3 Å². The van der Waals surface area contributed by atoms with Crippen molar-refractivity contribution in [3.63, 3.8) is 0 Å². The molecule has 0 aromatic rings. The van der Waals surface area contributed by atoms with Crippen LogP contribution in [0.2, 0.25) is 0 Å². The summed E-state index contributed by atoms with van der Waals surface area (Å²) in [5.74, 6) is -0.700. The van der Waals surface area contributed by atoms with Crippen LogP contribution in [-0.4, -0.2) is 49.2 Å². The Bertz CT molecular complexity index is 431. The highest BCUT2D eigenvalue weighted by Crippen LogP contribution is 2.25. The topological polar surface area (TPSA) is 97.5 Å². The lowest BCUT2D eigenvalue weighted by molar-refractivity contribution is -0.130. The van der Waals surface area contributed by atoms with Gasteiger partial charge in [0.2, 0.25) is 11.8 Å². The smallest absolute Gasteiger partial charge is 0.223 e. The Kier molecular flexibility index (Phi) is 3.11. The molecule has 0 radical (unpaired) electrons. The number of hydrogen-bond donors (Lipinski definition) is 1. The Balaban J connectivity index is 2.00. The third kappa shape index (κ3) is 2.59. The number of nitrogens with two attached hydrogens (primary N) is 1. The van der Waals surface area contributed by atoms with Gasteiger partial charge in [-0.1, -0.05) is 0 Å². The van der Waals surface area contributed by atoms with Gasteiger partial charge >= 0.3 is 0 Å². The summed E-state index contributed by atoms with van der Waals surface area (Å²) in [5, 5.41) is 0. The molecule has 7 heteroatoms. The van der Waals surface area contributed by atoms with E-state index in [9.17, 15) is 18.0 Å². The minimum atomic E-state index is -2.92. The zero-order valence-corrected chi connectivity index (χ0v) is 10.3. The maximum absolute atomic E-state index is 11.7. The van der Waals surface area contributed by atoms with Crippen molar-refractivity contribution in [1.82, 2.24) is 4.90 Å². The van der Waals surface area contributed by atoms with Gasteiger partial charge in [-0.25, -0.2) is 8.42 Å². The highest BCUT2D eigenvalue weighted by atomic mass is 32.2. The van der Waals surface area contributed by atoms with Gasteiger partial charge in [-0.05, 0) is 12.8 Å². The standard InChI is InChI=1S/C10H16N2O4S/c11-10(14)7-5-9(13)12(6-7)8-1-3-17(15,16)4-2-8/h7-8H,1-6H2,(H2,11,14). The number of carbonyl (C=O) groups is 2. The van der Waals surface area contributed by atoms with Crippen LogP contribution in [0.3, 0.4) is 0 Å². The largest absolute Gasteiger partial charge is 0.369 e. The number of hydrogen-bond acceptors (Lipinski definition) is 4. The zero-order chi connectivity index (χ0) is 12.6. The summed E-state index contributed by atoms with van der Waals surface area (Å²) in [7, 11) is -2.92. The van der Waals surface area contributed by atoms with Crippen molar-refractivity contribution in [3.05, 3.63) is 0 Å². The van der Waals surface area contributed by atoms with Crippen molar-refractivity contribution in [1.29, 1.82) is 0 Å². The second-order valence-electron chi connectivity index (χ2n) is 4.73. The Hall–Kier alpha value is -1.11. The molecule has 1 atom stereocenters. The quantitative estimate of drug-likeness (QED) is 0.681. The number of rotatable bonds is 2. The maximum Gasteiger partial charge on any atom is 0.223 e. The molecule has 0 bridgehead atoms. The number of sulfone groups is 1.